The first-order chi connectivity index (χ1) is 7.60. The minimum absolute atomic E-state index is 0.0799. The first kappa shape index (κ1) is 14.7. The highest BCUT2D eigenvalue weighted by atomic mass is 16.5. The molecule has 6 heteroatoms. The average molecular weight is 230 g/mol. The van der Waals surface area contributed by atoms with Crippen LogP contribution < -0.4 is 16.0 Å². The van der Waals surface area contributed by atoms with Crippen LogP contribution in [0.5, 0.6) is 0 Å². The van der Waals surface area contributed by atoms with E-state index >= 15 is 0 Å². The summed E-state index contributed by atoms with van der Waals surface area (Å²) < 4.78 is 4.82. The summed E-state index contributed by atoms with van der Waals surface area (Å²) in [5.74, 6) is 0.542. The maximum absolute atomic E-state index is 11.3. The third-order valence-corrected chi connectivity index (χ3v) is 1.69. The van der Waals surface area contributed by atoms with E-state index in [0.717, 1.165) is 0 Å². The number of nitrogens with zero attached hydrogens (tertiary/aromatic N) is 1. The molecule has 0 bridgehead atoms. The molecule has 0 aliphatic rings. The molecule has 0 rings (SSSR count). The third kappa shape index (κ3) is 8.05. The van der Waals surface area contributed by atoms with E-state index in [-0.39, 0.29) is 18.5 Å². The van der Waals surface area contributed by atoms with Crippen molar-refractivity contribution in [3.63, 3.8) is 0 Å². The van der Waals surface area contributed by atoms with Gasteiger partial charge >= 0.3 is 0 Å². The topological polar surface area (TPSA) is 74.8 Å². The zero-order valence-corrected chi connectivity index (χ0v) is 10.5. The average Bonchev–Trinajstić information content (AvgIpc) is 2.24. The first-order valence-corrected chi connectivity index (χ1v) is 5.33. The normalized spacial score (nSPS) is 11.4. The molecular formula is C10H22N4O2. The second-order valence-corrected chi connectivity index (χ2v) is 3.57. The van der Waals surface area contributed by atoms with Crippen LogP contribution in [0, 0.1) is 0 Å². The van der Waals surface area contributed by atoms with Gasteiger partial charge < -0.3 is 20.7 Å². The summed E-state index contributed by atoms with van der Waals surface area (Å²) in [6.45, 7) is 5.26. The Balaban J connectivity index is 3.72. The lowest BCUT2D eigenvalue weighted by Gasteiger charge is -2.14. The van der Waals surface area contributed by atoms with E-state index < -0.39 is 0 Å². The van der Waals surface area contributed by atoms with Crippen molar-refractivity contribution in [3.05, 3.63) is 0 Å². The van der Waals surface area contributed by atoms with Gasteiger partial charge in [0.25, 0.3) is 0 Å². The molecule has 0 aliphatic carbocycles. The minimum Gasteiger partial charge on any atom is -0.383 e. The smallest absolute Gasteiger partial charge is 0.239 e. The van der Waals surface area contributed by atoms with E-state index in [0.29, 0.717) is 19.1 Å². The molecule has 0 atom stereocenters. The van der Waals surface area contributed by atoms with E-state index in [1.807, 2.05) is 13.8 Å². The summed E-state index contributed by atoms with van der Waals surface area (Å²) in [7, 11) is 3.26. The molecule has 0 spiro atoms. The molecule has 0 aromatic heterocycles. The van der Waals surface area contributed by atoms with Crippen molar-refractivity contribution >= 4 is 11.9 Å². The molecule has 0 aliphatic heterocycles. The summed E-state index contributed by atoms with van der Waals surface area (Å²) in [4.78, 5) is 15.3. The van der Waals surface area contributed by atoms with Crippen LogP contribution in [0.25, 0.3) is 0 Å². The number of aliphatic imine (C=N–C) groups is 1. The number of carbonyl (C=O) groups excluding carboxylic acids is 1. The number of hydrogen-bond donors (Lipinski definition) is 3. The highest BCUT2D eigenvalue weighted by molar-refractivity contribution is 5.86. The van der Waals surface area contributed by atoms with Crippen molar-refractivity contribution in [1.29, 1.82) is 0 Å². The first-order valence-electron chi connectivity index (χ1n) is 5.33. The predicted octanol–water partition coefficient (Wildman–Crippen LogP) is -0.678. The number of ether oxygens (including phenoxy) is 1. The third-order valence-electron chi connectivity index (χ3n) is 1.69. The lowest BCUT2D eigenvalue weighted by atomic mass is 10.4. The zero-order valence-electron chi connectivity index (χ0n) is 10.5. The SMILES string of the molecule is CN=C(NCC(=O)NCCOC)NC(C)C. The van der Waals surface area contributed by atoms with Crippen molar-refractivity contribution in [2.75, 3.05) is 33.9 Å². The molecule has 0 aromatic rings. The van der Waals surface area contributed by atoms with Crippen molar-refractivity contribution in [2.24, 2.45) is 4.99 Å². The second kappa shape index (κ2) is 8.96. The molecule has 1 amide bonds. The number of carbonyl (C=O) groups is 1. The van der Waals surface area contributed by atoms with Gasteiger partial charge in [0.15, 0.2) is 5.96 Å². The number of rotatable bonds is 6. The molecule has 0 radical (unpaired) electrons. The molecule has 0 saturated heterocycles. The van der Waals surface area contributed by atoms with Crippen LogP contribution in [0.1, 0.15) is 13.8 Å². The Morgan fingerprint density at radius 1 is 1.38 bits per heavy atom. The van der Waals surface area contributed by atoms with Gasteiger partial charge in [0.05, 0.1) is 13.2 Å². The van der Waals surface area contributed by atoms with Crippen LogP contribution in [-0.4, -0.2) is 51.8 Å². The molecular weight excluding hydrogens is 208 g/mol. The molecule has 0 unspecified atom stereocenters. The molecule has 0 heterocycles. The zero-order chi connectivity index (χ0) is 12.4. The van der Waals surface area contributed by atoms with Gasteiger partial charge in [0, 0.05) is 26.7 Å². The predicted molar refractivity (Wildman–Crippen MR) is 64.5 cm³/mol. The Morgan fingerprint density at radius 2 is 2.06 bits per heavy atom. The molecule has 0 saturated carbocycles. The van der Waals surface area contributed by atoms with Crippen molar-refractivity contribution < 1.29 is 9.53 Å². The van der Waals surface area contributed by atoms with E-state index in [1.54, 1.807) is 14.2 Å². The number of nitrogens with one attached hydrogen (secondary N) is 3. The van der Waals surface area contributed by atoms with Crippen LogP contribution in [0.2, 0.25) is 0 Å². The summed E-state index contributed by atoms with van der Waals surface area (Å²) in [5, 5.41) is 8.71. The Bertz CT molecular complexity index is 229. The summed E-state index contributed by atoms with van der Waals surface area (Å²) in [6.07, 6.45) is 0. The summed E-state index contributed by atoms with van der Waals surface area (Å²) >= 11 is 0. The maximum Gasteiger partial charge on any atom is 0.239 e. The second-order valence-electron chi connectivity index (χ2n) is 3.57. The van der Waals surface area contributed by atoms with Gasteiger partial charge in [-0.05, 0) is 13.8 Å². The van der Waals surface area contributed by atoms with E-state index in [4.69, 9.17) is 4.74 Å². The van der Waals surface area contributed by atoms with Crippen molar-refractivity contribution in [2.45, 2.75) is 19.9 Å². The Kier molecular flexibility index (Phi) is 8.24. The van der Waals surface area contributed by atoms with Crippen LogP contribution in [0.15, 0.2) is 4.99 Å². The number of guanidine groups is 1. The molecule has 16 heavy (non-hydrogen) atoms. The lowest BCUT2D eigenvalue weighted by Crippen LogP contribution is -2.45. The fourth-order valence-corrected chi connectivity index (χ4v) is 0.987. The lowest BCUT2D eigenvalue weighted by molar-refractivity contribution is -0.120. The summed E-state index contributed by atoms with van der Waals surface area (Å²) in [5.41, 5.74) is 0. The largest absolute Gasteiger partial charge is 0.383 e. The molecule has 6 nitrogen and oxygen atoms in total. The molecule has 3 N–H and O–H groups in total. The fraction of sp³-hybridized carbons (Fsp3) is 0.800. The van der Waals surface area contributed by atoms with Gasteiger partial charge in [-0.3, -0.25) is 9.79 Å². The van der Waals surface area contributed by atoms with E-state index in [2.05, 4.69) is 20.9 Å². The van der Waals surface area contributed by atoms with Gasteiger partial charge in [-0.25, -0.2) is 0 Å². The maximum atomic E-state index is 11.3. The van der Waals surface area contributed by atoms with Crippen molar-refractivity contribution in [3.8, 4) is 0 Å². The highest BCUT2D eigenvalue weighted by Crippen LogP contribution is 1.77. The minimum atomic E-state index is -0.0799. The number of amides is 1. The Labute approximate surface area is 96.8 Å². The van der Waals surface area contributed by atoms with Crippen LogP contribution in [-0.2, 0) is 9.53 Å². The Morgan fingerprint density at radius 3 is 2.56 bits per heavy atom. The van der Waals surface area contributed by atoms with Gasteiger partial charge in [-0.15, -0.1) is 0 Å². The fourth-order valence-electron chi connectivity index (χ4n) is 0.987. The highest BCUT2D eigenvalue weighted by Gasteiger charge is 2.03. The number of hydrogen-bond acceptors (Lipinski definition) is 3. The van der Waals surface area contributed by atoms with E-state index in [1.165, 1.54) is 0 Å². The standard InChI is InChI=1S/C10H22N4O2/c1-8(2)14-10(11-3)13-7-9(15)12-5-6-16-4/h8H,5-7H2,1-4H3,(H,12,15)(H2,11,13,14). The van der Waals surface area contributed by atoms with Gasteiger partial charge in [0.2, 0.25) is 5.91 Å². The molecule has 0 fully saturated rings. The van der Waals surface area contributed by atoms with Crippen LogP contribution >= 0.6 is 0 Å². The molecule has 94 valence electrons. The number of methoxy groups -OCH3 is 1. The van der Waals surface area contributed by atoms with Gasteiger partial charge in [-0.1, -0.05) is 0 Å². The summed E-state index contributed by atoms with van der Waals surface area (Å²) in [6, 6.07) is 0.280. The van der Waals surface area contributed by atoms with Crippen molar-refractivity contribution in [1.82, 2.24) is 16.0 Å². The van der Waals surface area contributed by atoms with Crippen LogP contribution in [0.4, 0.5) is 0 Å². The van der Waals surface area contributed by atoms with Gasteiger partial charge in [0.1, 0.15) is 0 Å². The van der Waals surface area contributed by atoms with Crippen LogP contribution in [0.3, 0.4) is 0 Å². The quantitative estimate of drug-likeness (QED) is 0.321. The van der Waals surface area contributed by atoms with Gasteiger partial charge in [-0.2, -0.15) is 0 Å². The molecule has 0 aromatic carbocycles. The van der Waals surface area contributed by atoms with E-state index in [9.17, 15) is 4.79 Å². The monoisotopic (exact) mass is 230 g/mol. The Hall–Kier alpha value is -1.30.